The lowest BCUT2D eigenvalue weighted by molar-refractivity contribution is -0.0425. The van der Waals surface area contributed by atoms with Gasteiger partial charge in [0, 0.05) is 12.4 Å². The van der Waals surface area contributed by atoms with Crippen LogP contribution in [0.25, 0.3) is 5.57 Å². The summed E-state index contributed by atoms with van der Waals surface area (Å²) >= 11 is 0. The minimum Gasteiger partial charge on any atom is -0.393 e. The Labute approximate surface area is 163 Å². The highest BCUT2D eigenvalue weighted by Gasteiger charge is 2.58. The third-order valence-electron chi connectivity index (χ3n) is 8.98. The first-order valence-corrected chi connectivity index (χ1v) is 10.9. The van der Waals surface area contributed by atoms with E-state index in [0.717, 1.165) is 30.6 Å². The van der Waals surface area contributed by atoms with Crippen LogP contribution in [0.4, 0.5) is 0 Å². The molecule has 1 aromatic rings. The first-order chi connectivity index (χ1) is 12.9. The molecule has 0 bridgehead atoms. The van der Waals surface area contributed by atoms with Gasteiger partial charge < -0.3 is 5.11 Å². The van der Waals surface area contributed by atoms with Gasteiger partial charge in [0.25, 0.3) is 0 Å². The normalized spacial score (nSPS) is 46.0. The molecular formula is C25H33NO. The fraction of sp³-hybridized carbons (Fsp3) is 0.640. The number of aliphatic hydroxyl groups excluding tert-OH is 1. The van der Waals surface area contributed by atoms with E-state index in [9.17, 15) is 5.11 Å². The van der Waals surface area contributed by atoms with Crippen LogP contribution in [-0.2, 0) is 0 Å². The van der Waals surface area contributed by atoms with Crippen LogP contribution >= 0.6 is 0 Å². The minimum absolute atomic E-state index is 0.117. The van der Waals surface area contributed by atoms with Gasteiger partial charge in [-0.25, -0.2) is 0 Å². The van der Waals surface area contributed by atoms with Crippen molar-refractivity contribution in [3.63, 3.8) is 0 Å². The first-order valence-electron chi connectivity index (χ1n) is 10.9. The maximum Gasteiger partial charge on any atom is 0.0577 e. The molecule has 2 heteroatoms. The van der Waals surface area contributed by atoms with Crippen LogP contribution in [0.5, 0.6) is 0 Å². The van der Waals surface area contributed by atoms with Gasteiger partial charge in [-0.15, -0.1) is 0 Å². The predicted octanol–water partition coefficient (Wildman–Crippen LogP) is 5.64. The van der Waals surface area contributed by atoms with Gasteiger partial charge in [0.1, 0.15) is 0 Å². The molecule has 0 radical (unpaired) electrons. The fourth-order valence-corrected chi connectivity index (χ4v) is 7.55. The summed E-state index contributed by atoms with van der Waals surface area (Å²) in [7, 11) is 0. The molecule has 5 rings (SSSR count). The highest BCUT2D eigenvalue weighted by Crippen LogP contribution is 2.67. The molecule has 2 nitrogen and oxygen atoms in total. The van der Waals surface area contributed by atoms with Gasteiger partial charge in [-0.2, -0.15) is 0 Å². The van der Waals surface area contributed by atoms with Crippen LogP contribution in [0.2, 0.25) is 0 Å². The lowest BCUT2D eigenvalue weighted by atomic mass is 9.45. The third-order valence-corrected chi connectivity index (χ3v) is 8.98. The second kappa shape index (κ2) is 6.04. The molecule has 0 amide bonds. The summed E-state index contributed by atoms with van der Waals surface area (Å²) in [5.41, 5.74) is 5.13. The number of fused-ring (bicyclic) bond motifs is 5. The Balaban J connectivity index is 1.52. The average molecular weight is 364 g/mol. The predicted molar refractivity (Wildman–Crippen MR) is 110 cm³/mol. The van der Waals surface area contributed by atoms with Gasteiger partial charge in [-0.1, -0.05) is 38.5 Å². The van der Waals surface area contributed by atoms with Gasteiger partial charge in [0.05, 0.1) is 6.10 Å². The topological polar surface area (TPSA) is 33.1 Å². The van der Waals surface area contributed by atoms with Crippen molar-refractivity contribution in [2.75, 3.05) is 0 Å². The van der Waals surface area contributed by atoms with Crippen LogP contribution in [0, 0.1) is 34.5 Å². The van der Waals surface area contributed by atoms with Crippen molar-refractivity contribution in [1.29, 1.82) is 0 Å². The maximum atomic E-state index is 10.2. The molecule has 4 aliphatic rings. The molecule has 2 fully saturated rings. The second-order valence-electron chi connectivity index (χ2n) is 10.2. The third kappa shape index (κ3) is 2.45. The van der Waals surface area contributed by atoms with Crippen molar-refractivity contribution in [1.82, 2.24) is 4.98 Å². The summed E-state index contributed by atoms with van der Waals surface area (Å²) in [6, 6.07) is 4.38. The summed E-state index contributed by atoms with van der Waals surface area (Å²) in [5, 5.41) is 10.2. The van der Waals surface area contributed by atoms with Gasteiger partial charge in [-0.3, -0.25) is 4.98 Å². The van der Waals surface area contributed by atoms with Gasteiger partial charge in [0.15, 0.2) is 0 Å². The zero-order valence-corrected chi connectivity index (χ0v) is 17.0. The highest BCUT2D eigenvalue weighted by atomic mass is 16.3. The number of nitrogens with zero attached hydrogens (tertiary/aromatic N) is 1. The lowest BCUT2D eigenvalue weighted by Gasteiger charge is -2.59. The largest absolute Gasteiger partial charge is 0.393 e. The second-order valence-corrected chi connectivity index (χ2v) is 10.2. The number of hydrogen-bond acceptors (Lipinski definition) is 2. The Morgan fingerprint density at radius 1 is 1.04 bits per heavy atom. The Hall–Kier alpha value is -1.41. The number of rotatable bonds is 1. The lowest BCUT2D eigenvalue weighted by Crippen LogP contribution is -2.52. The fourth-order valence-electron chi connectivity index (χ4n) is 7.55. The van der Waals surface area contributed by atoms with Crippen molar-refractivity contribution in [2.45, 2.75) is 65.4 Å². The molecule has 1 heterocycles. The molecule has 2 saturated carbocycles. The molecule has 27 heavy (non-hydrogen) atoms. The van der Waals surface area contributed by atoms with Crippen molar-refractivity contribution in [2.24, 2.45) is 34.5 Å². The summed E-state index contributed by atoms with van der Waals surface area (Å²) in [4.78, 5) is 4.23. The van der Waals surface area contributed by atoms with Crippen molar-refractivity contribution in [3.8, 4) is 0 Å². The number of hydrogen-bond donors (Lipinski definition) is 1. The summed E-state index contributed by atoms with van der Waals surface area (Å²) < 4.78 is 0. The van der Waals surface area contributed by atoms with Crippen LogP contribution in [-0.4, -0.2) is 16.2 Å². The molecule has 0 aromatic carbocycles. The quantitative estimate of drug-likeness (QED) is 0.655. The van der Waals surface area contributed by atoms with Crippen molar-refractivity contribution >= 4 is 5.57 Å². The van der Waals surface area contributed by atoms with Crippen molar-refractivity contribution < 1.29 is 5.11 Å². The average Bonchev–Trinajstić information content (AvgIpc) is 3.01. The van der Waals surface area contributed by atoms with Gasteiger partial charge >= 0.3 is 0 Å². The maximum absolute atomic E-state index is 10.2. The molecule has 7 atom stereocenters. The van der Waals surface area contributed by atoms with E-state index in [1.54, 1.807) is 11.1 Å². The molecule has 2 unspecified atom stereocenters. The molecule has 4 aliphatic carbocycles. The Morgan fingerprint density at radius 2 is 1.78 bits per heavy atom. The van der Waals surface area contributed by atoms with E-state index < -0.39 is 0 Å². The van der Waals surface area contributed by atoms with Crippen LogP contribution in [0.3, 0.4) is 0 Å². The van der Waals surface area contributed by atoms with E-state index >= 15 is 0 Å². The van der Waals surface area contributed by atoms with E-state index in [0.29, 0.717) is 16.7 Å². The monoisotopic (exact) mass is 363 g/mol. The minimum atomic E-state index is -0.117. The molecular weight excluding hydrogens is 330 g/mol. The highest BCUT2D eigenvalue weighted by molar-refractivity contribution is 5.72. The van der Waals surface area contributed by atoms with Crippen LogP contribution < -0.4 is 0 Å². The summed E-state index contributed by atoms with van der Waals surface area (Å²) in [6.07, 6.45) is 15.8. The van der Waals surface area contributed by atoms with Gasteiger partial charge in [0.2, 0.25) is 0 Å². The van der Waals surface area contributed by atoms with Crippen LogP contribution in [0.15, 0.2) is 42.3 Å². The van der Waals surface area contributed by atoms with E-state index in [4.69, 9.17) is 0 Å². The Kier molecular flexibility index (Phi) is 3.95. The Morgan fingerprint density at radius 3 is 2.56 bits per heavy atom. The number of aromatic nitrogens is 1. The summed E-state index contributed by atoms with van der Waals surface area (Å²) in [5.74, 6) is 2.92. The molecule has 144 valence electrons. The molecule has 0 aliphatic heterocycles. The van der Waals surface area contributed by atoms with E-state index in [2.05, 4.69) is 50.0 Å². The molecule has 1 N–H and O–H groups in total. The number of pyridine rings is 1. The first kappa shape index (κ1) is 17.7. The smallest absolute Gasteiger partial charge is 0.0577 e. The van der Waals surface area contributed by atoms with E-state index in [-0.39, 0.29) is 6.10 Å². The molecule has 1 aromatic heterocycles. The van der Waals surface area contributed by atoms with Gasteiger partial charge in [-0.05, 0) is 96.3 Å². The standard InChI is InChI=1S/C25H33NO/c1-16-14-18-15-19(27)6-10-24(18,2)22-7-11-25(3)20(4-5-21(25)23(16)22)17-8-12-26-13-9-17/h4,8-9,12-14,16,19,21-23,27H,5-7,10-11,15H2,1-3H3/t16?,19?,21-,22+,23-,24-,25+/m0/s1. The summed E-state index contributed by atoms with van der Waals surface area (Å²) in [6.45, 7) is 7.50. The van der Waals surface area contributed by atoms with E-state index in [1.807, 2.05) is 12.4 Å². The molecule has 0 spiro atoms. The SMILES string of the molecule is CC1C=C2CC(O)CC[C@]2(C)[C@@H]2CC[C@]3(C)C(c4ccncc4)=CC[C@H]3[C@H]12. The van der Waals surface area contributed by atoms with Crippen LogP contribution in [0.1, 0.15) is 64.9 Å². The van der Waals surface area contributed by atoms with Crippen molar-refractivity contribution in [3.05, 3.63) is 47.8 Å². The zero-order chi connectivity index (χ0) is 18.8. The number of aliphatic hydroxyl groups is 1. The molecule has 0 saturated heterocycles. The number of allylic oxidation sites excluding steroid dienone is 3. The van der Waals surface area contributed by atoms with E-state index in [1.165, 1.54) is 31.2 Å². The Bertz CT molecular complexity index is 796. The zero-order valence-electron chi connectivity index (χ0n) is 17.0.